The Morgan fingerprint density at radius 2 is 1.76 bits per heavy atom. The maximum absolute atomic E-state index is 11.6. The van der Waals surface area contributed by atoms with E-state index in [2.05, 4.69) is 0 Å². The van der Waals surface area contributed by atoms with Gasteiger partial charge in [-0.25, -0.2) is 16.8 Å². The van der Waals surface area contributed by atoms with Crippen LogP contribution in [-0.4, -0.2) is 34.9 Å². The highest BCUT2D eigenvalue weighted by molar-refractivity contribution is 8.13. The number of halogens is 1. The van der Waals surface area contributed by atoms with Gasteiger partial charge in [-0.05, 0) is 37.5 Å². The molecule has 0 saturated carbocycles. The third kappa shape index (κ3) is 5.48. The minimum atomic E-state index is -3.92. The van der Waals surface area contributed by atoms with Gasteiger partial charge in [0.05, 0.1) is 12.4 Å². The Kier molecular flexibility index (Phi) is 6.07. The fourth-order valence-electron chi connectivity index (χ4n) is 1.88. The zero-order valence-electron chi connectivity index (χ0n) is 12.2. The average Bonchev–Trinajstić information content (AvgIpc) is 2.34. The smallest absolute Gasteiger partial charge is 0.265 e. The lowest BCUT2D eigenvalue weighted by atomic mass is 10.1. The van der Waals surface area contributed by atoms with Crippen LogP contribution >= 0.6 is 10.7 Å². The van der Waals surface area contributed by atoms with Gasteiger partial charge >= 0.3 is 0 Å². The van der Waals surface area contributed by atoms with E-state index < -0.39 is 18.9 Å². The Bertz CT molecular complexity index is 708. The van der Waals surface area contributed by atoms with Crippen molar-refractivity contribution in [3.05, 3.63) is 23.3 Å². The SMILES string of the molecule is CCS(=O)(=O)CCCOc1c(C)cc(C)cc1S(=O)(=O)Cl. The van der Waals surface area contributed by atoms with Crippen molar-refractivity contribution < 1.29 is 21.6 Å². The predicted molar refractivity (Wildman–Crippen MR) is 83.4 cm³/mol. The lowest BCUT2D eigenvalue weighted by Crippen LogP contribution is -2.12. The molecule has 0 amide bonds. The van der Waals surface area contributed by atoms with Crippen molar-refractivity contribution in [2.45, 2.75) is 32.1 Å². The molecule has 0 bridgehead atoms. The normalized spacial score (nSPS) is 12.4. The Morgan fingerprint density at radius 3 is 2.29 bits per heavy atom. The number of sulfone groups is 1. The molecule has 5 nitrogen and oxygen atoms in total. The van der Waals surface area contributed by atoms with E-state index in [0.717, 1.165) is 5.56 Å². The van der Waals surface area contributed by atoms with Crippen LogP contribution in [0.25, 0.3) is 0 Å². The summed E-state index contributed by atoms with van der Waals surface area (Å²) in [5.41, 5.74) is 1.40. The van der Waals surface area contributed by atoms with Crippen LogP contribution in [-0.2, 0) is 18.9 Å². The fraction of sp³-hybridized carbons (Fsp3) is 0.538. The highest BCUT2D eigenvalue weighted by Crippen LogP contribution is 2.31. The minimum absolute atomic E-state index is 0.0113. The van der Waals surface area contributed by atoms with Gasteiger partial charge in [0, 0.05) is 16.4 Å². The molecular weight excluding hydrogens is 336 g/mol. The molecule has 1 aromatic rings. The summed E-state index contributed by atoms with van der Waals surface area (Å²) in [6, 6.07) is 3.22. The molecule has 0 aliphatic carbocycles. The van der Waals surface area contributed by atoms with Gasteiger partial charge in [0.2, 0.25) is 0 Å². The second-order valence-corrected chi connectivity index (χ2v) is 9.79. The van der Waals surface area contributed by atoms with Gasteiger partial charge in [-0.1, -0.05) is 13.0 Å². The van der Waals surface area contributed by atoms with E-state index >= 15 is 0 Å². The van der Waals surface area contributed by atoms with Crippen LogP contribution in [0.2, 0.25) is 0 Å². The first kappa shape index (κ1) is 18.3. The molecule has 0 aromatic heterocycles. The van der Waals surface area contributed by atoms with Gasteiger partial charge in [-0.2, -0.15) is 0 Å². The van der Waals surface area contributed by atoms with Gasteiger partial charge in [0.1, 0.15) is 20.5 Å². The van der Waals surface area contributed by atoms with Gasteiger partial charge in [0.15, 0.2) is 0 Å². The quantitative estimate of drug-likeness (QED) is 0.555. The standard InChI is InChI=1S/C13H19ClO5S2/c1-4-20(15,16)7-5-6-19-13-11(3)8-10(2)9-12(13)21(14,17)18/h8-9H,4-7H2,1-3H3. The van der Waals surface area contributed by atoms with Gasteiger partial charge in [0.25, 0.3) is 9.05 Å². The third-order valence-corrected chi connectivity index (χ3v) is 6.05. The van der Waals surface area contributed by atoms with Gasteiger partial charge < -0.3 is 4.74 Å². The summed E-state index contributed by atoms with van der Waals surface area (Å²) in [4.78, 5) is -0.0833. The summed E-state index contributed by atoms with van der Waals surface area (Å²) in [6.07, 6.45) is 0.297. The second-order valence-electron chi connectivity index (χ2n) is 4.79. The molecule has 120 valence electrons. The molecular formula is C13H19ClO5S2. The molecule has 0 heterocycles. The minimum Gasteiger partial charge on any atom is -0.492 e. The third-order valence-electron chi connectivity index (χ3n) is 2.93. The Hall–Kier alpha value is -0.790. The van der Waals surface area contributed by atoms with E-state index in [-0.39, 0.29) is 28.8 Å². The summed E-state index contributed by atoms with van der Waals surface area (Å²) in [6.45, 7) is 5.17. The number of hydrogen-bond donors (Lipinski definition) is 0. The monoisotopic (exact) mass is 354 g/mol. The number of ether oxygens (including phenoxy) is 1. The molecule has 21 heavy (non-hydrogen) atoms. The zero-order valence-corrected chi connectivity index (χ0v) is 14.6. The van der Waals surface area contributed by atoms with Crippen molar-refractivity contribution in [1.29, 1.82) is 0 Å². The van der Waals surface area contributed by atoms with Crippen molar-refractivity contribution >= 4 is 29.6 Å². The molecule has 0 fully saturated rings. The van der Waals surface area contributed by atoms with Crippen LogP contribution < -0.4 is 4.74 Å². The molecule has 0 N–H and O–H groups in total. The van der Waals surface area contributed by atoms with E-state index in [1.54, 1.807) is 26.8 Å². The molecule has 1 aromatic carbocycles. The first-order chi connectivity index (χ1) is 9.57. The first-order valence-corrected chi connectivity index (χ1v) is 10.6. The zero-order chi connectivity index (χ0) is 16.3. The highest BCUT2D eigenvalue weighted by atomic mass is 35.7. The van der Waals surface area contributed by atoms with E-state index in [9.17, 15) is 16.8 Å². The lowest BCUT2D eigenvalue weighted by Gasteiger charge is -2.13. The summed E-state index contributed by atoms with van der Waals surface area (Å²) in [5.74, 6) is 0.277. The van der Waals surface area contributed by atoms with Crippen molar-refractivity contribution in [3.8, 4) is 5.75 Å². The summed E-state index contributed by atoms with van der Waals surface area (Å²) in [7, 11) is -1.56. The lowest BCUT2D eigenvalue weighted by molar-refractivity contribution is 0.307. The molecule has 0 aliphatic rings. The Morgan fingerprint density at radius 1 is 1.14 bits per heavy atom. The molecule has 0 unspecified atom stereocenters. The Labute approximate surface area is 130 Å². The maximum Gasteiger partial charge on any atom is 0.265 e. The maximum atomic E-state index is 11.6. The predicted octanol–water partition coefficient (Wildman–Crippen LogP) is 2.43. The number of benzene rings is 1. The number of rotatable bonds is 7. The number of hydrogen-bond acceptors (Lipinski definition) is 5. The molecule has 0 spiro atoms. The topological polar surface area (TPSA) is 77.5 Å². The highest BCUT2D eigenvalue weighted by Gasteiger charge is 2.19. The Balaban J connectivity index is 2.89. The van der Waals surface area contributed by atoms with Crippen molar-refractivity contribution in [1.82, 2.24) is 0 Å². The summed E-state index contributed by atoms with van der Waals surface area (Å²) >= 11 is 0. The molecule has 0 saturated heterocycles. The van der Waals surface area contributed by atoms with Crippen LogP contribution in [0.1, 0.15) is 24.5 Å². The van der Waals surface area contributed by atoms with E-state index in [0.29, 0.717) is 12.0 Å². The molecule has 0 radical (unpaired) electrons. The van der Waals surface area contributed by atoms with Crippen molar-refractivity contribution in [3.63, 3.8) is 0 Å². The molecule has 8 heteroatoms. The van der Waals surface area contributed by atoms with Gasteiger partial charge in [-0.3, -0.25) is 0 Å². The molecule has 0 atom stereocenters. The fourth-order valence-corrected chi connectivity index (χ4v) is 3.84. The van der Waals surface area contributed by atoms with Gasteiger partial charge in [-0.15, -0.1) is 0 Å². The van der Waals surface area contributed by atoms with Crippen LogP contribution in [0.3, 0.4) is 0 Å². The van der Waals surface area contributed by atoms with Crippen LogP contribution in [0, 0.1) is 13.8 Å². The molecule has 0 aliphatic heterocycles. The second kappa shape index (κ2) is 6.98. The first-order valence-electron chi connectivity index (χ1n) is 6.46. The molecule has 1 rings (SSSR count). The van der Waals surface area contributed by atoms with Crippen LogP contribution in [0.5, 0.6) is 5.75 Å². The summed E-state index contributed by atoms with van der Waals surface area (Å²) in [5, 5.41) is 0. The van der Waals surface area contributed by atoms with Crippen molar-refractivity contribution in [2.24, 2.45) is 0 Å². The van der Waals surface area contributed by atoms with E-state index in [1.165, 1.54) is 6.07 Å². The van der Waals surface area contributed by atoms with Crippen molar-refractivity contribution in [2.75, 3.05) is 18.1 Å². The van der Waals surface area contributed by atoms with Crippen LogP contribution in [0.4, 0.5) is 0 Å². The van der Waals surface area contributed by atoms with E-state index in [1.807, 2.05) is 0 Å². The van der Waals surface area contributed by atoms with Crippen LogP contribution in [0.15, 0.2) is 17.0 Å². The average molecular weight is 355 g/mol. The number of aryl methyl sites for hydroxylation is 2. The van der Waals surface area contributed by atoms with E-state index in [4.69, 9.17) is 15.4 Å². The summed E-state index contributed by atoms with van der Waals surface area (Å²) < 4.78 is 51.4. The largest absolute Gasteiger partial charge is 0.492 e.